The molecule has 1 aliphatic rings. The van der Waals surface area contributed by atoms with E-state index in [1.54, 1.807) is 38.9 Å². The Hall–Kier alpha value is -3.48. The van der Waals surface area contributed by atoms with E-state index < -0.39 is 5.82 Å². The van der Waals surface area contributed by atoms with Gasteiger partial charge >= 0.3 is 0 Å². The first-order valence-electron chi connectivity index (χ1n) is 9.06. The average molecular weight is 378 g/mol. The second-order valence-electron chi connectivity index (χ2n) is 6.59. The summed E-state index contributed by atoms with van der Waals surface area (Å²) in [7, 11) is 0. The minimum atomic E-state index is -0.432. The summed E-state index contributed by atoms with van der Waals surface area (Å²) in [4.78, 5) is 28.6. The molecule has 0 atom stereocenters. The summed E-state index contributed by atoms with van der Waals surface area (Å²) in [6, 6.07) is 14.8. The minimum Gasteiger partial charge on any atom is -0.335 e. The lowest BCUT2D eigenvalue weighted by molar-refractivity contribution is 0.0535. The average Bonchev–Trinajstić information content (AvgIpc) is 3.28. The van der Waals surface area contributed by atoms with Gasteiger partial charge in [0.25, 0.3) is 11.8 Å². The molecule has 2 aromatic carbocycles. The van der Waals surface area contributed by atoms with Crippen LogP contribution in [0.15, 0.2) is 67.0 Å². The first kappa shape index (κ1) is 17.9. The number of nitrogens with zero attached hydrogens (tertiary/aromatic N) is 4. The van der Waals surface area contributed by atoms with Gasteiger partial charge in [-0.05, 0) is 48.5 Å². The summed E-state index contributed by atoms with van der Waals surface area (Å²) in [5.74, 6) is -0.710. The number of rotatable bonds is 3. The predicted octanol–water partition coefficient (Wildman–Crippen LogP) is 2.61. The SMILES string of the molecule is O=C(c1ccc(-n2cccn2)cc1)N1CCN(C(=O)c2cccc(F)c2)CC1. The number of benzene rings is 2. The van der Waals surface area contributed by atoms with Gasteiger partial charge in [0, 0.05) is 49.7 Å². The fourth-order valence-corrected chi connectivity index (χ4v) is 3.28. The van der Waals surface area contributed by atoms with Crippen molar-refractivity contribution in [2.24, 2.45) is 0 Å². The quantitative estimate of drug-likeness (QED) is 0.704. The fourth-order valence-electron chi connectivity index (χ4n) is 3.28. The van der Waals surface area contributed by atoms with E-state index >= 15 is 0 Å². The zero-order chi connectivity index (χ0) is 19.5. The van der Waals surface area contributed by atoms with Gasteiger partial charge in [0.15, 0.2) is 0 Å². The van der Waals surface area contributed by atoms with Gasteiger partial charge in [0.1, 0.15) is 5.82 Å². The highest BCUT2D eigenvalue weighted by molar-refractivity contribution is 5.96. The molecule has 28 heavy (non-hydrogen) atoms. The molecule has 0 bridgehead atoms. The second-order valence-corrected chi connectivity index (χ2v) is 6.59. The normalized spacial score (nSPS) is 14.2. The third-order valence-electron chi connectivity index (χ3n) is 4.81. The molecule has 1 aromatic heterocycles. The molecule has 142 valence electrons. The number of amides is 2. The van der Waals surface area contributed by atoms with Gasteiger partial charge in [-0.2, -0.15) is 5.10 Å². The van der Waals surface area contributed by atoms with Crippen LogP contribution in [-0.2, 0) is 0 Å². The van der Waals surface area contributed by atoms with Gasteiger partial charge in [-0.3, -0.25) is 9.59 Å². The highest BCUT2D eigenvalue weighted by atomic mass is 19.1. The van der Waals surface area contributed by atoms with E-state index in [0.717, 1.165) is 5.69 Å². The summed E-state index contributed by atoms with van der Waals surface area (Å²) < 4.78 is 15.1. The van der Waals surface area contributed by atoms with Gasteiger partial charge in [-0.15, -0.1) is 0 Å². The van der Waals surface area contributed by atoms with Crippen molar-refractivity contribution in [1.29, 1.82) is 0 Å². The Balaban J connectivity index is 1.38. The molecule has 0 N–H and O–H groups in total. The first-order chi connectivity index (χ1) is 13.6. The fraction of sp³-hybridized carbons (Fsp3) is 0.190. The molecule has 0 radical (unpaired) electrons. The van der Waals surface area contributed by atoms with Crippen LogP contribution < -0.4 is 0 Å². The molecule has 0 saturated carbocycles. The number of carbonyl (C=O) groups is 2. The number of hydrogen-bond acceptors (Lipinski definition) is 3. The topological polar surface area (TPSA) is 58.4 Å². The van der Waals surface area contributed by atoms with Crippen molar-refractivity contribution < 1.29 is 14.0 Å². The molecule has 1 saturated heterocycles. The molecule has 4 rings (SSSR count). The maximum atomic E-state index is 13.3. The molecule has 2 heterocycles. The summed E-state index contributed by atoms with van der Waals surface area (Å²) in [6.07, 6.45) is 3.54. The van der Waals surface area contributed by atoms with E-state index in [4.69, 9.17) is 0 Å². The number of piperazine rings is 1. The van der Waals surface area contributed by atoms with Crippen LogP contribution >= 0.6 is 0 Å². The monoisotopic (exact) mass is 378 g/mol. The Morgan fingerprint density at radius 2 is 1.46 bits per heavy atom. The number of carbonyl (C=O) groups excluding carboxylic acids is 2. The van der Waals surface area contributed by atoms with E-state index in [-0.39, 0.29) is 11.8 Å². The summed E-state index contributed by atoms with van der Waals surface area (Å²) in [6.45, 7) is 1.74. The summed E-state index contributed by atoms with van der Waals surface area (Å²) in [5.41, 5.74) is 1.81. The zero-order valence-electron chi connectivity index (χ0n) is 15.2. The van der Waals surface area contributed by atoms with Crippen LogP contribution in [0.1, 0.15) is 20.7 Å². The molecule has 0 spiro atoms. The number of hydrogen-bond donors (Lipinski definition) is 0. The number of aromatic nitrogens is 2. The lowest BCUT2D eigenvalue weighted by Gasteiger charge is -2.35. The maximum absolute atomic E-state index is 13.3. The number of halogens is 1. The Morgan fingerprint density at radius 1 is 0.821 bits per heavy atom. The van der Waals surface area contributed by atoms with Gasteiger partial charge in [0.2, 0.25) is 0 Å². The Bertz CT molecular complexity index is 978. The third-order valence-corrected chi connectivity index (χ3v) is 4.81. The van der Waals surface area contributed by atoms with Crippen LogP contribution in [0.25, 0.3) is 5.69 Å². The standard InChI is InChI=1S/C21H19FN4O2/c22-18-4-1-3-17(15-18)21(28)25-13-11-24(12-14-25)20(27)16-5-7-19(8-6-16)26-10-2-9-23-26/h1-10,15H,11-14H2. The second kappa shape index (κ2) is 7.64. The lowest BCUT2D eigenvalue weighted by atomic mass is 10.1. The maximum Gasteiger partial charge on any atom is 0.254 e. The van der Waals surface area contributed by atoms with E-state index in [1.165, 1.54) is 18.2 Å². The van der Waals surface area contributed by atoms with Crippen LogP contribution in [0.3, 0.4) is 0 Å². The largest absolute Gasteiger partial charge is 0.335 e. The molecule has 3 aromatic rings. The molecule has 6 nitrogen and oxygen atoms in total. The van der Waals surface area contributed by atoms with Gasteiger partial charge < -0.3 is 9.80 Å². The molecule has 1 aliphatic heterocycles. The Labute approximate surface area is 161 Å². The van der Waals surface area contributed by atoms with Crippen molar-refractivity contribution in [2.75, 3.05) is 26.2 Å². The molecule has 2 amide bonds. The zero-order valence-corrected chi connectivity index (χ0v) is 15.2. The summed E-state index contributed by atoms with van der Waals surface area (Å²) >= 11 is 0. The highest BCUT2D eigenvalue weighted by Gasteiger charge is 2.25. The molecular formula is C21H19FN4O2. The molecule has 0 aliphatic carbocycles. The smallest absolute Gasteiger partial charge is 0.254 e. The van der Waals surface area contributed by atoms with Crippen LogP contribution in [0.5, 0.6) is 0 Å². The van der Waals surface area contributed by atoms with E-state index in [1.807, 2.05) is 24.4 Å². The van der Waals surface area contributed by atoms with Crippen LogP contribution in [0, 0.1) is 5.82 Å². The van der Waals surface area contributed by atoms with Crippen LogP contribution in [0.2, 0.25) is 0 Å². The minimum absolute atomic E-state index is 0.0649. The van der Waals surface area contributed by atoms with E-state index in [0.29, 0.717) is 37.3 Å². The van der Waals surface area contributed by atoms with Crippen molar-refractivity contribution in [1.82, 2.24) is 19.6 Å². The van der Waals surface area contributed by atoms with Crippen molar-refractivity contribution in [3.63, 3.8) is 0 Å². The molecular weight excluding hydrogens is 359 g/mol. The van der Waals surface area contributed by atoms with E-state index in [2.05, 4.69) is 5.10 Å². The Kier molecular flexibility index (Phi) is 4.89. The van der Waals surface area contributed by atoms with Crippen molar-refractivity contribution in [2.45, 2.75) is 0 Å². The van der Waals surface area contributed by atoms with Crippen molar-refractivity contribution in [3.8, 4) is 5.69 Å². The molecule has 7 heteroatoms. The first-order valence-corrected chi connectivity index (χ1v) is 9.06. The lowest BCUT2D eigenvalue weighted by Crippen LogP contribution is -2.50. The third kappa shape index (κ3) is 3.64. The van der Waals surface area contributed by atoms with Crippen molar-refractivity contribution >= 4 is 11.8 Å². The highest BCUT2D eigenvalue weighted by Crippen LogP contribution is 2.14. The predicted molar refractivity (Wildman–Crippen MR) is 102 cm³/mol. The van der Waals surface area contributed by atoms with Crippen LogP contribution in [-0.4, -0.2) is 57.6 Å². The van der Waals surface area contributed by atoms with Gasteiger partial charge in [-0.25, -0.2) is 9.07 Å². The van der Waals surface area contributed by atoms with Crippen LogP contribution in [0.4, 0.5) is 4.39 Å². The Morgan fingerprint density at radius 3 is 2.04 bits per heavy atom. The van der Waals surface area contributed by atoms with Gasteiger partial charge in [-0.1, -0.05) is 6.07 Å². The molecule has 1 fully saturated rings. The van der Waals surface area contributed by atoms with Gasteiger partial charge in [0.05, 0.1) is 5.69 Å². The van der Waals surface area contributed by atoms with Crippen molar-refractivity contribution in [3.05, 3.63) is 83.9 Å². The summed E-state index contributed by atoms with van der Waals surface area (Å²) in [5, 5.41) is 4.17. The molecule has 0 unspecified atom stereocenters. The van der Waals surface area contributed by atoms with E-state index in [9.17, 15) is 14.0 Å².